The van der Waals surface area contributed by atoms with Gasteiger partial charge in [0.05, 0.1) is 6.10 Å². The highest BCUT2D eigenvalue weighted by atomic mass is 16.4. The third kappa shape index (κ3) is 4.52. The van der Waals surface area contributed by atoms with Gasteiger partial charge in [0.15, 0.2) is 0 Å². The third-order valence-electron chi connectivity index (χ3n) is 3.19. The molecule has 1 fully saturated rings. The van der Waals surface area contributed by atoms with E-state index >= 15 is 0 Å². The summed E-state index contributed by atoms with van der Waals surface area (Å²) in [5, 5.41) is 20.9. The van der Waals surface area contributed by atoms with Crippen molar-refractivity contribution in [2.45, 2.75) is 51.2 Å². The smallest absolute Gasteiger partial charge is 0.326 e. The van der Waals surface area contributed by atoms with Gasteiger partial charge in [-0.1, -0.05) is 19.8 Å². The average molecular weight is 258 g/mol. The molecule has 0 aromatic heterocycles. The summed E-state index contributed by atoms with van der Waals surface area (Å²) in [6.07, 6.45) is 2.89. The molecule has 0 bridgehead atoms. The van der Waals surface area contributed by atoms with Crippen molar-refractivity contribution in [3.8, 4) is 0 Å². The summed E-state index contributed by atoms with van der Waals surface area (Å²) in [7, 11) is 0. The standard InChI is InChI=1S/C12H22N2O4/c1-2-3-4-10(11(16)17)13-12(18)14-7-5-9(15)6-8-14/h9-10,15H,2-8H2,1H3,(H,13,18)(H,16,17)/t10-/m0/s1. The Balaban J connectivity index is 2.42. The first kappa shape index (κ1) is 14.8. The minimum absolute atomic E-state index is 0.342. The molecule has 104 valence electrons. The number of likely N-dealkylation sites (tertiary alicyclic amines) is 1. The summed E-state index contributed by atoms with van der Waals surface area (Å²) >= 11 is 0. The van der Waals surface area contributed by atoms with Gasteiger partial charge in [-0.15, -0.1) is 0 Å². The van der Waals surface area contributed by atoms with Crippen molar-refractivity contribution in [2.75, 3.05) is 13.1 Å². The summed E-state index contributed by atoms with van der Waals surface area (Å²) in [5.41, 5.74) is 0. The normalized spacial score (nSPS) is 18.4. The zero-order chi connectivity index (χ0) is 13.5. The summed E-state index contributed by atoms with van der Waals surface area (Å²) in [6.45, 7) is 2.94. The lowest BCUT2D eigenvalue weighted by atomic mass is 10.1. The van der Waals surface area contributed by atoms with Crippen molar-refractivity contribution in [1.82, 2.24) is 10.2 Å². The van der Waals surface area contributed by atoms with Gasteiger partial charge < -0.3 is 20.4 Å². The summed E-state index contributed by atoms with van der Waals surface area (Å²) in [6, 6.07) is -1.16. The lowest BCUT2D eigenvalue weighted by Gasteiger charge is -2.30. The fourth-order valence-electron chi connectivity index (χ4n) is 1.97. The number of rotatable bonds is 5. The first-order valence-electron chi connectivity index (χ1n) is 6.51. The van der Waals surface area contributed by atoms with Crippen LogP contribution in [0, 0.1) is 0 Å². The highest BCUT2D eigenvalue weighted by Crippen LogP contribution is 2.10. The van der Waals surface area contributed by atoms with Crippen molar-refractivity contribution in [3.63, 3.8) is 0 Å². The zero-order valence-corrected chi connectivity index (χ0v) is 10.8. The largest absolute Gasteiger partial charge is 0.480 e. The number of carboxylic acids is 1. The lowest BCUT2D eigenvalue weighted by molar-refractivity contribution is -0.139. The van der Waals surface area contributed by atoms with Crippen LogP contribution in [0.3, 0.4) is 0 Å². The maximum absolute atomic E-state index is 11.9. The van der Waals surface area contributed by atoms with E-state index in [1.54, 1.807) is 4.90 Å². The maximum Gasteiger partial charge on any atom is 0.326 e. The number of nitrogens with zero attached hydrogens (tertiary/aromatic N) is 1. The fraction of sp³-hybridized carbons (Fsp3) is 0.833. The molecule has 0 radical (unpaired) electrons. The van der Waals surface area contributed by atoms with Crippen molar-refractivity contribution < 1.29 is 19.8 Å². The first-order chi connectivity index (χ1) is 8.54. The number of urea groups is 1. The molecule has 1 rings (SSSR count). The highest BCUT2D eigenvalue weighted by Gasteiger charge is 2.25. The number of carbonyl (C=O) groups excluding carboxylic acids is 1. The van der Waals surface area contributed by atoms with Gasteiger partial charge in [-0.2, -0.15) is 0 Å². The van der Waals surface area contributed by atoms with Crippen LogP contribution in [0.25, 0.3) is 0 Å². The Morgan fingerprint density at radius 3 is 2.50 bits per heavy atom. The number of piperidine rings is 1. The minimum Gasteiger partial charge on any atom is -0.480 e. The van der Waals surface area contributed by atoms with E-state index in [9.17, 15) is 14.7 Å². The topological polar surface area (TPSA) is 89.9 Å². The van der Waals surface area contributed by atoms with Crippen molar-refractivity contribution in [3.05, 3.63) is 0 Å². The molecular formula is C12H22N2O4. The molecule has 1 heterocycles. The molecule has 18 heavy (non-hydrogen) atoms. The van der Waals surface area contributed by atoms with Crippen LogP contribution in [0.5, 0.6) is 0 Å². The van der Waals surface area contributed by atoms with E-state index in [1.807, 2.05) is 6.92 Å². The molecule has 2 amide bonds. The van der Waals surface area contributed by atoms with Crippen molar-refractivity contribution in [2.24, 2.45) is 0 Å². The Kier molecular flexibility index (Phi) is 5.91. The lowest BCUT2D eigenvalue weighted by Crippen LogP contribution is -2.50. The second-order valence-corrected chi connectivity index (χ2v) is 4.70. The van der Waals surface area contributed by atoms with E-state index < -0.39 is 12.0 Å². The molecule has 0 aromatic carbocycles. The Bertz CT molecular complexity index is 288. The van der Waals surface area contributed by atoms with Crippen LogP contribution < -0.4 is 5.32 Å². The maximum atomic E-state index is 11.9. The molecule has 0 saturated carbocycles. The SMILES string of the molecule is CCCC[C@H](NC(=O)N1CCC(O)CC1)C(=O)O. The van der Waals surface area contributed by atoms with E-state index in [0.29, 0.717) is 32.4 Å². The molecule has 6 heteroatoms. The Labute approximate surface area is 107 Å². The van der Waals surface area contributed by atoms with E-state index in [1.165, 1.54) is 0 Å². The molecule has 1 aliphatic heterocycles. The van der Waals surface area contributed by atoms with Gasteiger partial charge in [0, 0.05) is 13.1 Å². The number of hydrogen-bond acceptors (Lipinski definition) is 3. The Morgan fingerprint density at radius 1 is 1.39 bits per heavy atom. The second-order valence-electron chi connectivity index (χ2n) is 4.70. The van der Waals surface area contributed by atoms with E-state index in [4.69, 9.17) is 5.11 Å². The van der Waals surface area contributed by atoms with Crippen LogP contribution >= 0.6 is 0 Å². The summed E-state index contributed by atoms with van der Waals surface area (Å²) in [4.78, 5) is 24.4. The Morgan fingerprint density at radius 2 is 2.00 bits per heavy atom. The Hall–Kier alpha value is -1.30. The van der Waals surface area contributed by atoms with Gasteiger partial charge in [0.25, 0.3) is 0 Å². The van der Waals surface area contributed by atoms with Gasteiger partial charge in [0.2, 0.25) is 0 Å². The zero-order valence-electron chi connectivity index (χ0n) is 10.8. The third-order valence-corrected chi connectivity index (χ3v) is 3.19. The minimum atomic E-state index is -0.992. The van der Waals surface area contributed by atoms with Gasteiger partial charge in [-0.05, 0) is 19.3 Å². The average Bonchev–Trinajstić information content (AvgIpc) is 2.34. The number of aliphatic hydroxyl groups is 1. The molecule has 0 aromatic rings. The quantitative estimate of drug-likeness (QED) is 0.680. The molecule has 0 spiro atoms. The molecular weight excluding hydrogens is 236 g/mol. The fourth-order valence-corrected chi connectivity index (χ4v) is 1.97. The number of nitrogens with one attached hydrogen (secondary N) is 1. The van der Waals surface area contributed by atoms with Crippen LogP contribution in [-0.2, 0) is 4.79 Å². The van der Waals surface area contributed by atoms with Crippen LogP contribution in [0.15, 0.2) is 0 Å². The van der Waals surface area contributed by atoms with Gasteiger partial charge in [0.1, 0.15) is 6.04 Å². The monoisotopic (exact) mass is 258 g/mol. The summed E-state index contributed by atoms with van der Waals surface area (Å²) < 4.78 is 0. The molecule has 1 atom stereocenters. The van der Waals surface area contributed by atoms with E-state index in [0.717, 1.165) is 12.8 Å². The van der Waals surface area contributed by atoms with Crippen LogP contribution in [0.1, 0.15) is 39.0 Å². The van der Waals surface area contributed by atoms with Gasteiger partial charge >= 0.3 is 12.0 Å². The predicted molar refractivity (Wildman–Crippen MR) is 66.3 cm³/mol. The molecule has 1 aliphatic rings. The number of aliphatic hydroxyl groups excluding tert-OH is 1. The summed E-state index contributed by atoms with van der Waals surface area (Å²) in [5.74, 6) is -0.992. The molecule has 3 N–H and O–H groups in total. The molecule has 0 aliphatic carbocycles. The number of amides is 2. The van der Waals surface area contributed by atoms with Gasteiger partial charge in [-0.25, -0.2) is 9.59 Å². The van der Waals surface area contributed by atoms with Crippen LogP contribution in [0.2, 0.25) is 0 Å². The van der Waals surface area contributed by atoms with E-state index in [-0.39, 0.29) is 12.1 Å². The number of carbonyl (C=O) groups is 2. The number of unbranched alkanes of at least 4 members (excludes halogenated alkanes) is 1. The molecule has 1 saturated heterocycles. The van der Waals surface area contributed by atoms with Crippen molar-refractivity contribution >= 4 is 12.0 Å². The number of aliphatic carboxylic acids is 1. The van der Waals surface area contributed by atoms with Crippen molar-refractivity contribution in [1.29, 1.82) is 0 Å². The van der Waals surface area contributed by atoms with Crippen LogP contribution in [0.4, 0.5) is 4.79 Å². The van der Waals surface area contributed by atoms with E-state index in [2.05, 4.69) is 5.32 Å². The molecule has 0 unspecified atom stereocenters. The van der Waals surface area contributed by atoms with Gasteiger partial charge in [-0.3, -0.25) is 0 Å². The highest BCUT2D eigenvalue weighted by molar-refractivity contribution is 5.82. The second kappa shape index (κ2) is 7.20. The van der Waals surface area contributed by atoms with Crippen LogP contribution in [-0.4, -0.2) is 52.3 Å². The number of carboxylic acid groups (broad SMARTS) is 1. The molecule has 6 nitrogen and oxygen atoms in total. The first-order valence-corrected chi connectivity index (χ1v) is 6.51. The number of hydrogen-bond donors (Lipinski definition) is 3. The predicted octanol–water partition coefficient (Wildman–Crippen LogP) is 0.796.